The van der Waals surface area contributed by atoms with Gasteiger partial charge in [0.25, 0.3) is 5.56 Å². The molecule has 0 spiro atoms. The first-order valence-corrected chi connectivity index (χ1v) is 8.79. The molecule has 0 fully saturated rings. The molecule has 4 heterocycles. The van der Waals surface area contributed by atoms with E-state index in [1.165, 1.54) is 18.2 Å². The van der Waals surface area contributed by atoms with E-state index in [9.17, 15) is 14.0 Å². The number of rotatable bonds is 1. The molecule has 5 nitrogen and oxygen atoms in total. The Bertz CT molecular complexity index is 1240. The number of pyridine rings is 2. The number of hydrogen-bond acceptors (Lipinski definition) is 4. The van der Waals surface area contributed by atoms with Crippen LogP contribution in [0.5, 0.6) is 0 Å². The zero-order valence-electron chi connectivity index (χ0n) is 14.6. The molecule has 0 atom stereocenters. The third-order valence-corrected chi connectivity index (χ3v) is 5.20. The van der Waals surface area contributed by atoms with Gasteiger partial charge in [0, 0.05) is 17.0 Å². The highest BCUT2D eigenvalue weighted by molar-refractivity contribution is 5.93. The minimum absolute atomic E-state index is 0.0375. The first kappa shape index (κ1) is 15.9. The molecule has 0 N–H and O–H groups in total. The Balaban J connectivity index is 1.78. The molecule has 27 heavy (non-hydrogen) atoms. The summed E-state index contributed by atoms with van der Waals surface area (Å²) >= 11 is 0. The van der Waals surface area contributed by atoms with Crippen LogP contribution in [0.4, 0.5) is 4.39 Å². The molecular weight excluding hydrogens is 347 g/mol. The first-order valence-electron chi connectivity index (χ1n) is 8.79. The summed E-state index contributed by atoms with van der Waals surface area (Å²) < 4.78 is 20.4. The lowest BCUT2D eigenvalue weighted by molar-refractivity contribution is -0.138. The maximum absolute atomic E-state index is 13.5. The minimum atomic E-state index is -0.431. The van der Waals surface area contributed by atoms with Gasteiger partial charge in [-0.2, -0.15) is 0 Å². The predicted molar refractivity (Wildman–Crippen MR) is 98.6 cm³/mol. The van der Waals surface area contributed by atoms with Crippen LogP contribution in [0.3, 0.4) is 0 Å². The van der Waals surface area contributed by atoms with Crippen molar-refractivity contribution in [2.24, 2.45) is 0 Å². The Labute approximate surface area is 153 Å². The molecule has 5 rings (SSSR count). The summed E-state index contributed by atoms with van der Waals surface area (Å²) in [4.78, 5) is 29.6. The largest absolute Gasteiger partial charge is 0.457 e. The van der Waals surface area contributed by atoms with Crippen LogP contribution in [0.25, 0.3) is 27.9 Å². The molecule has 3 aromatic rings. The molecule has 2 aliphatic rings. The summed E-state index contributed by atoms with van der Waals surface area (Å²) in [5.74, 6) is -0.748. The minimum Gasteiger partial charge on any atom is -0.457 e. The SMILES string of the molecule is CCC1=CC(=O)OCc2c1cc1n(c2=O)Cc2cc3cc(F)ccc3nc2-1. The van der Waals surface area contributed by atoms with Gasteiger partial charge in [0.05, 0.1) is 29.0 Å². The quantitative estimate of drug-likeness (QED) is 0.487. The van der Waals surface area contributed by atoms with Crippen molar-refractivity contribution in [1.29, 1.82) is 0 Å². The fourth-order valence-electron chi connectivity index (χ4n) is 3.87. The number of halogens is 1. The lowest BCUT2D eigenvalue weighted by Crippen LogP contribution is -2.25. The highest BCUT2D eigenvalue weighted by Crippen LogP contribution is 2.35. The van der Waals surface area contributed by atoms with Crippen LogP contribution in [0, 0.1) is 5.82 Å². The van der Waals surface area contributed by atoms with E-state index in [4.69, 9.17) is 4.74 Å². The molecule has 0 aliphatic carbocycles. The molecule has 2 aliphatic heterocycles. The molecule has 0 saturated heterocycles. The zero-order chi connectivity index (χ0) is 18.7. The van der Waals surface area contributed by atoms with E-state index in [0.717, 1.165) is 22.4 Å². The van der Waals surface area contributed by atoms with Gasteiger partial charge in [0.1, 0.15) is 12.4 Å². The lowest BCUT2D eigenvalue weighted by atomic mass is 9.98. The summed E-state index contributed by atoms with van der Waals surface area (Å²) in [7, 11) is 0. The van der Waals surface area contributed by atoms with Crippen LogP contribution in [-0.2, 0) is 22.7 Å². The van der Waals surface area contributed by atoms with E-state index in [1.807, 2.05) is 19.1 Å². The van der Waals surface area contributed by atoms with E-state index in [0.29, 0.717) is 35.1 Å². The molecule has 0 amide bonds. The fourth-order valence-corrected chi connectivity index (χ4v) is 3.87. The number of benzene rings is 1. The van der Waals surface area contributed by atoms with Crippen molar-refractivity contribution >= 4 is 22.4 Å². The average molecular weight is 362 g/mol. The molecule has 0 bridgehead atoms. The van der Waals surface area contributed by atoms with Gasteiger partial charge in [-0.1, -0.05) is 6.92 Å². The monoisotopic (exact) mass is 362 g/mol. The second-order valence-corrected chi connectivity index (χ2v) is 6.78. The van der Waals surface area contributed by atoms with Gasteiger partial charge in [0.15, 0.2) is 0 Å². The van der Waals surface area contributed by atoms with E-state index in [-0.39, 0.29) is 18.0 Å². The Morgan fingerprint density at radius 3 is 2.89 bits per heavy atom. The average Bonchev–Trinajstić information content (AvgIpc) is 2.91. The van der Waals surface area contributed by atoms with Crippen LogP contribution in [0.2, 0.25) is 0 Å². The van der Waals surface area contributed by atoms with Crippen LogP contribution >= 0.6 is 0 Å². The summed E-state index contributed by atoms with van der Waals surface area (Å²) in [5, 5.41) is 0.708. The number of carbonyl (C=O) groups excluding carboxylic acids is 1. The van der Waals surface area contributed by atoms with Crippen LogP contribution in [-0.4, -0.2) is 15.5 Å². The van der Waals surface area contributed by atoms with Crippen molar-refractivity contribution in [2.75, 3.05) is 0 Å². The number of carbonyl (C=O) groups is 1. The Kier molecular flexibility index (Phi) is 3.31. The highest BCUT2D eigenvalue weighted by atomic mass is 19.1. The van der Waals surface area contributed by atoms with E-state index >= 15 is 0 Å². The zero-order valence-corrected chi connectivity index (χ0v) is 14.6. The summed E-state index contributed by atoms with van der Waals surface area (Å²) in [5.41, 5.74) is 4.83. The van der Waals surface area contributed by atoms with Crippen LogP contribution in [0.1, 0.15) is 30.0 Å². The second-order valence-electron chi connectivity index (χ2n) is 6.78. The number of nitrogens with zero attached hydrogens (tertiary/aromatic N) is 2. The van der Waals surface area contributed by atoms with Gasteiger partial charge >= 0.3 is 5.97 Å². The smallest absolute Gasteiger partial charge is 0.331 e. The number of fused-ring (bicyclic) bond motifs is 5. The van der Waals surface area contributed by atoms with Crippen molar-refractivity contribution in [3.63, 3.8) is 0 Å². The molecule has 0 saturated carbocycles. The molecule has 2 aromatic heterocycles. The fraction of sp³-hybridized carbons (Fsp3) is 0.190. The van der Waals surface area contributed by atoms with Gasteiger partial charge in [0.2, 0.25) is 0 Å². The van der Waals surface area contributed by atoms with Crippen LogP contribution < -0.4 is 5.56 Å². The van der Waals surface area contributed by atoms with Crippen LogP contribution in [0.15, 0.2) is 41.2 Å². The second kappa shape index (κ2) is 5.61. The Morgan fingerprint density at radius 1 is 1.22 bits per heavy atom. The molecule has 0 unspecified atom stereocenters. The molecular formula is C21H15FN2O3. The van der Waals surface area contributed by atoms with E-state index in [1.54, 1.807) is 10.6 Å². The number of allylic oxidation sites excluding steroid dienone is 1. The van der Waals surface area contributed by atoms with Crippen molar-refractivity contribution in [1.82, 2.24) is 9.55 Å². The standard InChI is InChI=1S/C21H15FN2O3/c1-2-11-7-19(25)27-10-16-15(11)8-18-20-13(9-24(18)21(16)26)5-12-6-14(22)3-4-17(12)23-20/h3-8H,2,9-10H2,1H3. The summed E-state index contributed by atoms with van der Waals surface area (Å²) in [6.07, 6.45) is 2.07. The molecule has 6 heteroatoms. The third-order valence-electron chi connectivity index (χ3n) is 5.20. The lowest BCUT2D eigenvalue weighted by Gasteiger charge is -2.12. The van der Waals surface area contributed by atoms with Gasteiger partial charge in [-0.05, 0) is 47.9 Å². The number of cyclic esters (lactones) is 1. The van der Waals surface area contributed by atoms with Crippen molar-refractivity contribution in [3.05, 3.63) is 69.3 Å². The summed E-state index contributed by atoms with van der Waals surface area (Å²) in [6, 6.07) is 8.26. The predicted octanol–water partition coefficient (Wildman–Crippen LogP) is 3.41. The maximum atomic E-state index is 13.5. The first-order chi connectivity index (χ1) is 13.0. The highest BCUT2D eigenvalue weighted by Gasteiger charge is 2.27. The molecule has 134 valence electrons. The van der Waals surface area contributed by atoms with Crippen molar-refractivity contribution in [3.8, 4) is 11.4 Å². The molecule has 0 radical (unpaired) electrons. The van der Waals surface area contributed by atoms with Crippen molar-refractivity contribution < 1.29 is 13.9 Å². The Hall–Kier alpha value is -3.28. The van der Waals surface area contributed by atoms with Gasteiger partial charge in [-0.15, -0.1) is 0 Å². The van der Waals surface area contributed by atoms with E-state index in [2.05, 4.69) is 4.98 Å². The number of hydrogen-bond donors (Lipinski definition) is 0. The van der Waals surface area contributed by atoms with Gasteiger partial charge < -0.3 is 9.30 Å². The number of esters is 1. The number of aromatic nitrogens is 2. The topological polar surface area (TPSA) is 61.2 Å². The number of ether oxygens (including phenoxy) is 1. The normalized spacial score (nSPS) is 14.9. The maximum Gasteiger partial charge on any atom is 0.331 e. The van der Waals surface area contributed by atoms with Gasteiger partial charge in [-0.3, -0.25) is 4.79 Å². The van der Waals surface area contributed by atoms with E-state index < -0.39 is 5.97 Å². The van der Waals surface area contributed by atoms with Gasteiger partial charge in [-0.25, -0.2) is 14.2 Å². The summed E-state index contributed by atoms with van der Waals surface area (Å²) in [6.45, 7) is 2.27. The third kappa shape index (κ3) is 2.33. The van der Waals surface area contributed by atoms with Crippen molar-refractivity contribution in [2.45, 2.75) is 26.5 Å². The molecule has 1 aromatic carbocycles. The Morgan fingerprint density at radius 2 is 2.07 bits per heavy atom.